The molecule has 0 fully saturated rings. The highest BCUT2D eigenvalue weighted by molar-refractivity contribution is 7.98. The molecule has 1 aromatic carbocycles. The molecular formula is C16H23N3S2. The average molecular weight is 322 g/mol. The maximum absolute atomic E-state index is 5.79. The predicted octanol–water partition coefficient (Wildman–Crippen LogP) is 3.91. The van der Waals surface area contributed by atoms with Crippen LogP contribution in [0.15, 0.2) is 34.5 Å². The standard InChI is InChI=1S/C16H23N3S2/c1-16(2,3)14-10-21-15(18-14)9-12(19-17)11-7-5-6-8-13(11)20-4/h5-8,10,12,19H,9,17H2,1-4H3. The summed E-state index contributed by atoms with van der Waals surface area (Å²) in [5.74, 6) is 5.79. The van der Waals surface area contributed by atoms with Crippen LogP contribution in [0.2, 0.25) is 0 Å². The van der Waals surface area contributed by atoms with Crippen LogP contribution in [0, 0.1) is 0 Å². The lowest BCUT2D eigenvalue weighted by Gasteiger charge is -2.18. The van der Waals surface area contributed by atoms with Crippen molar-refractivity contribution in [2.75, 3.05) is 6.26 Å². The number of nitrogens with two attached hydrogens (primary N) is 1. The number of hydrazine groups is 1. The number of hydrogen-bond donors (Lipinski definition) is 2. The molecule has 0 radical (unpaired) electrons. The van der Waals surface area contributed by atoms with Crippen LogP contribution in [0.3, 0.4) is 0 Å². The van der Waals surface area contributed by atoms with Gasteiger partial charge in [-0.3, -0.25) is 11.3 Å². The van der Waals surface area contributed by atoms with Crippen molar-refractivity contribution in [1.82, 2.24) is 10.4 Å². The second kappa shape index (κ2) is 6.92. The van der Waals surface area contributed by atoms with E-state index >= 15 is 0 Å². The van der Waals surface area contributed by atoms with Crippen LogP contribution in [-0.2, 0) is 11.8 Å². The number of aromatic nitrogens is 1. The van der Waals surface area contributed by atoms with Gasteiger partial charge in [0.05, 0.1) is 16.7 Å². The number of nitrogens with one attached hydrogen (secondary N) is 1. The smallest absolute Gasteiger partial charge is 0.0948 e. The van der Waals surface area contributed by atoms with Gasteiger partial charge in [0.15, 0.2) is 0 Å². The summed E-state index contributed by atoms with van der Waals surface area (Å²) in [5, 5.41) is 3.28. The maximum atomic E-state index is 5.79. The number of hydrogen-bond acceptors (Lipinski definition) is 5. The Morgan fingerprint density at radius 2 is 2.05 bits per heavy atom. The summed E-state index contributed by atoms with van der Waals surface area (Å²) in [5.41, 5.74) is 5.42. The Morgan fingerprint density at radius 3 is 2.62 bits per heavy atom. The molecule has 3 N–H and O–H groups in total. The summed E-state index contributed by atoms with van der Waals surface area (Å²) in [4.78, 5) is 6.02. The third kappa shape index (κ3) is 4.07. The molecule has 2 aromatic rings. The van der Waals surface area contributed by atoms with Gasteiger partial charge in [-0.05, 0) is 17.9 Å². The molecule has 1 heterocycles. The number of nitrogens with zero attached hydrogens (tertiary/aromatic N) is 1. The van der Waals surface area contributed by atoms with E-state index in [0.29, 0.717) is 0 Å². The van der Waals surface area contributed by atoms with E-state index in [2.05, 4.69) is 62.1 Å². The van der Waals surface area contributed by atoms with Crippen LogP contribution in [0.5, 0.6) is 0 Å². The highest BCUT2D eigenvalue weighted by atomic mass is 32.2. The zero-order valence-corrected chi connectivity index (χ0v) is 14.6. The van der Waals surface area contributed by atoms with Crippen molar-refractivity contribution < 1.29 is 0 Å². The molecule has 0 aliphatic rings. The molecule has 1 aromatic heterocycles. The van der Waals surface area contributed by atoms with E-state index in [0.717, 1.165) is 17.1 Å². The first-order valence-corrected chi connectivity index (χ1v) is 9.10. The molecule has 21 heavy (non-hydrogen) atoms. The number of rotatable bonds is 5. The van der Waals surface area contributed by atoms with Crippen molar-refractivity contribution in [1.29, 1.82) is 0 Å². The maximum Gasteiger partial charge on any atom is 0.0948 e. The van der Waals surface area contributed by atoms with Gasteiger partial charge < -0.3 is 0 Å². The first-order chi connectivity index (χ1) is 9.95. The minimum Gasteiger partial charge on any atom is -0.271 e. The number of thioether (sulfide) groups is 1. The molecule has 1 unspecified atom stereocenters. The molecule has 1 atom stereocenters. The van der Waals surface area contributed by atoms with E-state index in [4.69, 9.17) is 10.8 Å². The third-order valence-corrected chi connectivity index (χ3v) is 5.10. The topological polar surface area (TPSA) is 50.9 Å². The summed E-state index contributed by atoms with van der Waals surface area (Å²) < 4.78 is 0. The Hall–Kier alpha value is -0.880. The lowest BCUT2D eigenvalue weighted by atomic mass is 9.93. The van der Waals surface area contributed by atoms with E-state index in [1.54, 1.807) is 23.1 Å². The summed E-state index contributed by atoms with van der Waals surface area (Å²) in [7, 11) is 0. The van der Waals surface area contributed by atoms with Gasteiger partial charge in [-0.15, -0.1) is 23.1 Å². The van der Waals surface area contributed by atoms with Crippen molar-refractivity contribution in [3.05, 3.63) is 45.9 Å². The van der Waals surface area contributed by atoms with Crippen molar-refractivity contribution in [3.8, 4) is 0 Å². The minimum absolute atomic E-state index is 0.0904. The fourth-order valence-electron chi connectivity index (χ4n) is 2.14. The highest BCUT2D eigenvalue weighted by Gasteiger charge is 2.20. The number of thiazole rings is 1. The third-order valence-electron chi connectivity index (χ3n) is 3.41. The van der Waals surface area contributed by atoms with Gasteiger partial charge in [-0.25, -0.2) is 4.98 Å². The van der Waals surface area contributed by atoms with Crippen LogP contribution in [-0.4, -0.2) is 11.2 Å². The SMILES string of the molecule is CSc1ccccc1C(Cc1nc(C(C)(C)C)cs1)NN. The first kappa shape index (κ1) is 16.5. The molecule has 3 nitrogen and oxygen atoms in total. The van der Waals surface area contributed by atoms with Crippen LogP contribution in [0.25, 0.3) is 0 Å². The van der Waals surface area contributed by atoms with Gasteiger partial charge in [0.2, 0.25) is 0 Å². The summed E-state index contributed by atoms with van der Waals surface area (Å²) in [6, 6.07) is 8.47. The Morgan fingerprint density at radius 1 is 1.33 bits per heavy atom. The lowest BCUT2D eigenvalue weighted by molar-refractivity contribution is 0.535. The molecule has 5 heteroatoms. The Labute approximate surface area is 135 Å². The molecule has 0 aliphatic carbocycles. The molecule has 0 saturated carbocycles. The molecule has 0 spiro atoms. The largest absolute Gasteiger partial charge is 0.271 e. The van der Waals surface area contributed by atoms with Crippen LogP contribution in [0.1, 0.15) is 43.1 Å². The molecular weight excluding hydrogens is 298 g/mol. The van der Waals surface area contributed by atoms with Crippen LogP contribution < -0.4 is 11.3 Å². The fraction of sp³-hybridized carbons (Fsp3) is 0.438. The Balaban J connectivity index is 2.21. The lowest BCUT2D eigenvalue weighted by Crippen LogP contribution is -2.30. The van der Waals surface area contributed by atoms with Gasteiger partial charge in [0.1, 0.15) is 0 Å². The van der Waals surface area contributed by atoms with Gasteiger partial charge >= 0.3 is 0 Å². The van der Waals surface area contributed by atoms with Gasteiger partial charge in [0, 0.05) is 22.1 Å². The second-order valence-electron chi connectivity index (χ2n) is 6.04. The quantitative estimate of drug-likeness (QED) is 0.498. The van der Waals surface area contributed by atoms with E-state index in [9.17, 15) is 0 Å². The fourth-order valence-corrected chi connectivity index (χ4v) is 3.87. The molecule has 0 bridgehead atoms. The normalized spacial score (nSPS) is 13.4. The average Bonchev–Trinajstić information content (AvgIpc) is 2.93. The van der Waals surface area contributed by atoms with E-state index in [-0.39, 0.29) is 11.5 Å². The first-order valence-electron chi connectivity index (χ1n) is 6.99. The van der Waals surface area contributed by atoms with Crippen molar-refractivity contribution in [2.45, 2.75) is 43.5 Å². The molecule has 114 valence electrons. The zero-order chi connectivity index (χ0) is 15.5. The van der Waals surface area contributed by atoms with Gasteiger partial charge in [-0.1, -0.05) is 39.0 Å². The summed E-state index contributed by atoms with van der Waals surface area (Å²) in [6.45, 7) is 6.56. The van der Waals surface area contributed by atoms with Crippen molar-refractivity contribution in [2.24, 2.45) is 5.84 Å². The van der Waals surface area contributed by atoms with E-state index in [1.165, 1.54) is 10.5 Å². The number of benzene rings is 1. The monoisotopic (exact) mass is 321 g/mol. The highest BCUT2D eigenvalue weighted by Crippen LogP contribution is 2.30. The summed E-state index contributed by atoms with van der Waals surface area (Å²) in [6.07, 6.45) is 2.91. The predicted molar refractivity (Wildman–Crippen MR) is 92.8 cm³/mol. The van der Waals surface area contributed by atoms with Gasteiger partial charge in [-0.2, -0.15) is 0 Å². The van der Waals surface area contributed by atoms with Crippen LogP contribution in [0.4, 0.5) is 0 Å². The van der Waals surface area contributed by atoms with E-state index < -0.39 is 0 Å². The van der Waals surface area contributed by atoms with E-state index in [1.807, 2.05) is 0 Å². The molecule has 0 amide bonds. The van der Waals surface area contributed by atoms with Gasteiger partial charge in [0.25, 0.3) is 0 Å². The summed E-state index contributed by atoms with van der Waals surface area (Å²) >= 11 is 3.46. The Bertz CT molecular complexity index is 587. The molecule has 2 rings (SSSR count). The second-order valence-corrected chi connectivity index (χ2v) is 7.83. The molecule has 0 aliphatic heterocycles. The minimum atomic E-state index is 0.0904. The Kier molecular flexibility index (Phi) is 5.43. The van der Waals surface area contributed by atoms with Crippen molar-refractivity contribution in [3.63, 3.8) is 0 Å². The molecule has 0 saturated heterocycles. The van der Waals surface area contributed by atoms with Crippen LogP contribution >= 0.6 is 23.1 Å². The zero-order valence-electron chi connectivity index (χ0n) is 13.0. The van der Waals surface area contributed by atoms with Crippen molar-refractivity contribution >= 4 is 23.1 Å².